The summed E-state index contributed by atoms with van der Waals surface area (Å²) in [5.74, 6) is -0.228. The first-order valence-electron chi connectivity index (χ1n) is 6.87. The fraction of sp³-hybridized carbons (Fsp3) is 0.333. The molecule has 2 heteroatoms. The first kappa shape index (κ1) is 14.7. The molecule has 0 heterocycles. The zero-order valence-electron chi connectivity index (χ0n) is 12.8. The highest BCUT2D eigenvalue weighted by molar-refractivity contribution is 5.47. The molecule has 2 aromatic rings. The molecule has 0 aliphatic carbocycles. The molecule has 106 valence electrons. The van der Waals surface area contributed by atoms with E-state index in [1.54, 1.807) is 6.07 Å². The molecule has 0 aliphatic heterocycles. The highest BCUT2D eigenvalue weighted by Gasteiger charge is 2.30. The van der Waals surface area contributed by atoms with Gasteiger partial charge in [-0.25, -0.2) is 4.39 Å². The summed E-state index contributed by atoms with van der Waals surface area (Å²) < 4.78 is 14.4. The van der Waals surface area contributed by atoms with E-state index in [0.29, 0.717) is 5.56 Å². The van der Waals surface area contributed by atoms with Gasteiger partial charge < -0.3 is 5.73 Å². The molecule has 20 heavy (non-hydrogen) atoms. The highest BCUT2D eigenvalue weighted by Crippen LogP contribution is 2.33. The van der Waals surface area contributed by atoms with Crippen LogP contribution in [0.25, 0.3) is 0 Å². The Morgan fingerprint density at radius 2 is 1.55 bits per heavy atom. The highest BCUT2D eigenvalue weighted by atomic mass is 19.1. The van der Waals surface area contributed by atoms with Crippen LogP contribution < -0.4 is 5.73 Å². The molecule has 0 aliphatic rings. The summed E-state index contributed by atoms with van der Waals surface area (Å²) in [5, 5.41) is 0. The minimum atomic E-state index is -0.835. The summed E-state index contributed by atoms with van der Waals surface area (Å²) in [6, 6.07) is 9.67. The van der Waals surface area contributed by atoms with Gasteiger partial charge in [-0.1, -0.05) is 29.8 Å². The van der Waals surface area contributed by atoms with Crippen LogP contribution >= 0.6 is 0 Å². The summed E-state index contributed by atoms with van der Waals surface area (Å²) in [4.78, 5) is 0. The Balaban J connectivity index is 2.69. The Hall–Kier alpha value is -1.67. The third kappa shape index (κ3) is 2.48. The summed E-state index contributed by atoms with van der Waals surface area (Å²) in [5.41, 5.74) is 11.3. The van der Waals surface area contributed by atoms with Crippen molar-refractivity contribution in [1.29, 1.82) is 0 Å². The molecule has 2 rings (SSSR count). The van der Waals surface area contributed by atoms with E-state index in [4.69, 9.17) is 5.73 Å². The van der Waals surface area contributed by atoms with Crippen LogP contribution in [-0.4, -0.2) is 0 Å². The topological polar surface area (TPSA) is 26.0 Å². The van der Waals surface area contributed by atoms with Crippen molar-refractivity contribution in [3.05, 3.63) is 69.5 Å². The van der Waals surface area contributed by atoms with Crippen LogP contribution in [-0.2, 0) is 5.54 Å². The molecule has 1 atom stereocenters. The van der Waals surface area contributed by atoms with Crippen molar-refractivity contribution in [2.45, 2.75) is 40.2 Å². The van der Waals surface area contributed by atoms with E-state index in [2.05, 4.69) is 0 Å². The number of rotatable bonds is 2. The van der Waals surface area contributed by atoms with Crippen LogP contribution in [0.2, 0.25) is 0 Å². The van der Waals surface area contributed by atoms with Crippen molar-refractivity contribution >= 4 is 0 Å². The third-order valence-corrected chi connectivity index (χ3v) is 3.90. The van der Waals surface area contributed by atoms with E-state index in [1.807, 2.05) is 58.9 Å². The summed E-state index contributed by atoms with van der Waals surface area (Å²) in [6.07, 6.45) is 0. The molecule has 0 amide bonds. The molecular formula is C18H22FN. The standard InChI is InChI=1S/C18H22FN/c1-11-6-7-13(3)15(9-11)18(5,20)17-14(4)8-12(2)10-16(17)19/h6-10H,20H2,1-5H3. The van der Waals surface area contributed by atoms with E-state index in [9.17, 15) is 4.39 Å². The molecule has 0 aromatic heterocycles. The minimum absolute atomic E-state index is 0.228. The minimum Gasteiger partial charge on any atom is -0.318 e. The number of nitrogens with two attached hydrogens (primary N) is 1. The zero-order valence-corrected chi connectivity index (χ0v) is 12.8. The van der Waals surface area contributed by atoms with Crippen LogP contribution in [0.15, 0.2) is 30.3 Å². The quantitative estimate of drug-likeness (QED) is 0.866. The van der Waals surface area contributed by atoms with Crippen LogP contribution in [0.5, 0.6) is 0 Å². The van der Waals surface area contributed by atoms with Crippen molar-refractivity contribution in [2.24, 2.45) is 5.73 Å². The molecule has 0 fully saturated rings. The van der Waals surface area contributed by atoms with Gasteiger partial charge in [0.1, 0.15) is 5.82 Å². The first-order chi connectivity index (χ1) is 9.23. The van der Waals surface area contributed by atoms with Crippen molar-refractivity contribution in [3.8, 4) is 0 Å². The lowest BCUT2D eigenvalue weighted by Gasteiger charge is -2.30. The van der Waals surface area contributed by atoms with E-state index in [1.165, 1.54) is 0 Å². The van der Waals surface area contributed by atoms with Crippen LogP contribution in [0, 0.1) is 33.5 Å². The first-order valence-corrected chi connectivity index (χ1v) is 6.87. The Bertz CT molecular complexity index is 633. The second kappa shape index (κ2) is 5.02. The molecule has 0 spiro atoms. The van der Waals surface area contributed by atoms with Crippen LogP contribution in [0.1, 0.15) is 40.3 Å². The monoisotopic (exact) mass is 271 g/mol. The van der Waals surface area contributed by atoms with Gasteiger partial charge in [-0.15, -0.1) is 0 Å². The molecule has 2 N–H and O–H groups in total. The van der Waals surface area contributed by atoms with Gasteiger partial charge in [0.05, 0.1) is 5.54 Å². The second-order valence-corrected chi connectivity index (χ2v) is 5.96. The smallest absolute Gasteiger partial charge is 0.129 e. The Labute approximate surface area is 120 Å². The average molecular weight is 271 g/mol. The van der Waals surface area contributed by atoms with Gasteiger partial charge in [0.25, 0.3) is 0 Å². The van der Waals surface area contributed by atoms with Crippen LogP contribution in [0.3, 0.4) is 0 Å². The lowest BCUT2D eigenvalue weighted by atomic mass is 9.80. The van der Waals surface area contributed by atoms with Crippen LogP contribution in [0.4, 0.5) is 4.39 Å². The van der Waals surface area contributed by atoms with Gasteiger partial charge in [-0.2, -0.15) is 0 Å². The van der Waals surface area contributed by atoms with Crippen molar-refractivity contribution in [3.63, 3.8) is 0 Å². The second-order valence-electron chi connectivity index (χ2n) is 5.96. The maximum atomic E-state index is 14.4. The predicted molar refractivity (Wildman–Crippen MR) is 82.4 cm³/mol. The summed E-state index contributed by atoms with van der Waals surface area (Å²) >= 11 is 0. The summed E-state index contributed by atoms with van der Waals surface area (Å²) in [7, 11) is 0. The average Bonchev–Trinajstić information content (AvgIpc) is 2.30. The van der Waals surface area contributed by atoms with E-state index < -0.39 is 5.54 Å². The SMILES string of the molecule is Cc1cc(C)c(C(C)(N)c2cc(C)ccc2C)c(F)c1. The van der Waals surface area contributed by atoms with Gasteiger partial charge in [0.15, 0.2) is 0 Å². The van der Waals surface area contributed by atoms with Crippen molar-refractivity contribution in [2.75, 3.05) is 0 Å². The van der Waals surface area contributed by atoms with Gasteiger partial charge in [0.2, 0.25) is 0 Å². The zero-order chi connectivity index (χ0) is 15.1. The molecule has 0 radical (unpaired) electrons. The molecular weight excluding hydrogens is 249 g/mol. The Morgan fingerprint density at radius 3 is 2.15 bits per heavy atom. The number of aryl methyl sites for hydroxylation is 4. The molecule has 0 saturated carbocycles. The molecule has 0 saturated heterocycles. The fourth-order valence-electron chi connectivity index (χ4n) is 3.00. The largest absolute Gasteiger partial charge is 0.318 e. The normalized spacial score (nSPS) is 14.2. The van der Waals surface area contributed by atoms with Gasteiger partial charge >= 0.3 is 0 Å². The van der Waals surface area contributed by atoms with E-state index in [-0.39, 0.29) is 5.82 Å². The molecule has 0 bridgehead atoms. The van der Waals surface area contributed by atoms with Gasteiger partial charge in [-0.3, -0.25) is 0 Å². The van der Waals surface area contributed by atoms with E-state index >= 15 is 0 Å². The maximum Gasteiger partial charge on any atom is 0.129 e. The Kier molecular flexibility index (Phi) is 3.70. The fourth-order valence-corrected chi connectivity index (χ4v) is 3.00. The number of hydrogen-bond donors (Lipinski definition) is 1. The number of benzene rings is 2. The summed E-state index contributed by atoms with van der Waals surface area (Å²) in [6.45, 7) is 9.74. The van der Waals surface area contributed by atoms with Gasteiger partial charge in [-0.05, 0) is 62.9 Å². The Morgan fingerprint density at radius 1 is 0.900 bits per heavy atom. The van der Waals surface area contributed by atoms with Crippen molar-refractivity contribution < 1.29 is 4.39 Å². The predicted octanol–water partition coefficient (Wildman–Crippen LogP) is 4.28. The molecule has 1 nitrogen and oxygen atoms in total. The third-order valence-electron chi connectivity index (χ3n) is 3.90. The number of hydrogen-bond acceptors (Lipinski definition) is 1. The molecule has 1 unspecified atom stereocenters. The lowest BCUT2D eigenvalue weighted by molar-refractivity contribution is 0.524. The van der Waals surface area contributed by atoms with Gasteiger partial charge in [0, 0.05) is 5.56 Å². The molecule has 2 aromatic carbocycles. The maximum absolute atomic E-state index is 14.4. The lowest BCUT2D eigenvalue weighted by Crippen LogP contribution is -2.37. The number of halogens is 1. The van der Waals surface area contributed by atoms with E-state index in [0.717, 1.165) is 27.8 Å². The van der Waals surface area contributed by atoms with Crippen molar-refractivity contribution in [1.82, 2.24) is 0 Å².